The van der Waals surface area contributed by atoms with E-state index in [4.69, 9.17) is 4.74 Å². The SMILES string of the molecule is COc1c(C(=O)Nc2ccc(N3CCN(c4c(F)c(F)c(F)c(F)c4F)CC3)cc2)cc2ccccc2c1Br. The predicted octanol–water partition coefficient (Wildman–Crippen LogP) is 6.89. The zero-order valence-electron chi connectivity index (χ0n) is 20.5. The molecule has 39 heavy (non-hydrogen) atoms. The highest BCUT2D eigenvalue weighted by molar-refractivity contribution is 9.10. The van der Waals surface area contributed by atoms with E-state index in [9.17, 15) is 26.7 Å². The summed E-state index contributed by atoms with van der Waals surface area (Å²) < 4.78 is 75.2. The van der Waals surface area contributed by atoms with Gasteiger partial charge in [0.05, 0.1) is 17.1 Å². The zero-order valence-corrected chi connectivity index (χ0v) is 22.1. The third-order valence-corrected chi connectivity index (χ3v) is 7.45. The van der Waals surface area contributed by atoms with Crippen molar-refractivity contribution >= 4 is 49.7 Å². The number of nitrogens with zero attached hydrogens (tertiary/aromatic N) is 2. The summed E-state index contributed by atoms with van der Waals surface area (Å²) in [5.41, 5.74) is 0.752. The molecule has 1 aliphatic rings. The number of methoxy groups -OCH3 is 1. The van der Waals surface area contributed by atoms with Gasteiger partial charge in [-0.1, -0.05) is 24.3 Å². The van der Waals surface area contributed by atoms with E-state index in [2.05, 4.69) is 21.2 Å². The molecule has 0 radical (unpaired) electrons. The Morgan fingerprint density at radius 1 is 0.821 bits per heavy atom. The van der Waals surface area contributed by atoms with Crippen molar-refractivity contribution < 1.29 is 31.5 Å². The Hall–Kier alpha value is -3.86. The zero-order chi connectivity index (χ0) is 27.8. The van der Waals surface area contributed by atoms with Crippen LogP contribution in [0.1, 0.15) is 10.4 Å². The fourth-order valence-electron chi connectivity index (χ4n) is 4.67. The number of ether oxygens (including phenoxy) is 1. The second kappa shape index (κ2) is 10.7. The van der Waals surface area contributed by atoms with Gasteiger partial charge in [0.2, 0.25) is 5.82 Å². The van der Waals surface area contributed by atoms with Crippen molar-refractivity contribution in [2.45, 2.75) is 0 Å². The number of fused-ring (bicyclic) bond motifs is 1. The number of amides is 1. The Kier molecular flexibility index (Phi) is 7.35. The van der Waals surface area contributed by atoms with E-state index >= 15 is 0 Å². The maximum atomic E-state index is 14.2. The number of halogens is 6. The van der Waals surface area contributed by atoms with Crippen LogP contribution < -0.4 is 19.9 Å². The highest BCUT2D eigenvalue weighted by Gasteiger charge is 2.31. The molecule has 4 aromatic carbocycles. The van der Waals surface area contributed by atoms with Crippen LogP contribution in [0.15, 0.2) is 59.1 Å². The summed E-state index contributed by atoms with van der Waals surface area (Å²) in [5, 5.41) is 4.64. The summed E-state index contributed by atoms with van der Waals surface area (Å²) >= 11 is 3.53. The molecule has 11 heteroatoms. The highest BCUT2D eigenvalue weighted by atomic mass is 79.9. The van der Waals surface area contributed by atoms with Crippen LogP contribution in [0.2, 0.25) is 0 Å². The molecule has 1 saturated heterocycles. The molecular weight excluding hydrogens is 585 g/mol. The van der Waals surface area contributed by atoms with Gasteiger partial charge in [0, 0.05) is 37.6 Å². The van der Waals surface area contributed by atoms with Crippen LogP contribution in [-0.2, 0) is 0 Å². The first kappa shape index (κ1) is 26.7. The van der Waals surface area contributed by atoms with Crippen molar-refractivity contribution in [3.8, 4) is 5.75 Å². The van der Waals surface area contributed by atoms with Crippen LogP contribution >= 0.6 is 15.9 Å². The molecule has 5 rings (SSSR count). The van der Waals surface area contributed by atoms with E-state index in [1.165, 1.54) is 7.11 Å². The fraction of sp³-hybridized carbons (Fsp3) is 0.179. The molecule has 0 atom stereocenters. The molecule has 1 N–H and O–H groups in total. The van der Waals surface area contributed by atoms with Crippen LogP contribution in [-0.4, -0.2) is 39.2 Å². The maximum absolute atomic E-state index is 14.2. The van der Waals surface area contributed by atoms with Gasteiger partial charge in [-0.2, -0.15) is 0 Å². The Morgan fingerprint density at radius 2 is 1.38 bits per heavy atom. The average Bonchev–Trinajstić information content (AvgIpc) is 2.96. The molecule has 1 heterocycles. The average molecular weight is 606 g/mol. The smallest absolute Gasteiger partial charge is 0.259 e. The van der Waals surface area contributed by atoms with Gasteiger partial charge in [-0.3, -0.25) is 4.79 Å². The van der Waals surface area contributed by atoms with Crippen molar-refractivity contribution in [1.82, 2.24) is 0 Å². The number of piperazine rings is 1. The van der Waals surface area contributed by atoms with Gasteiger partial charge in [0.1, 0.15) is 11.4 Å². The Balaban J connectivity index is 1.28. The minimum absolute atomic E-state index is 0.0491. The Bertz CT molecular complexity index is 1550. The minimum Gasteiger partial charge on any atom is -0.495 e. The molecule has 0 spiro atoms. The van der Waals surface area contributed by atoms with E-state index < -0.39 is 34.8 Å². The number of carbonyl (C=O) groups is 1. The van der Waals surface area contributed by atoms with E-state index in [0.29, 0.717) is 21.5 Å². The highest BCUT2D eigenvalue weighted by Crippen LogP contribution is 2.37. The maximum Gasteiger partial charge on any atom is 0.259 e. The predicted molar refractivity (Wildman–Crippen MR) is 143 cm³/mol. The molecule has 4 aromatic rings. The van der Waals surface area contributed by atoms with Crippen LogP contribution in [0.25, 0.3) is 10.8 Å². The normalized spacial score (nSPS) is 13.6. The molecule has 202 valence electrons. The molecule has 1 amide bonds. The van der Waals surface area contributed by atoms with Crippen LogP contribution in [0.4, 0.5) is 39.0 Å². The molecule has 0 bridgehead atoms. The number of nitrogens with one attached hydrogen (secondary N) is 1. The molecular formula is C28H21BrF5N3O2. The number of carbonyl (C=O) groups excluding carboxylic acids is 1. The fourth-order valence-corrected chi connectivity index (χ4v) is 5.40. The number of benzene rings is 4. The number of hydrogen-bond donors (Lipinski definition) is 1. The third kappa shape index (κ3) is 4.87. The molecule has 1 fully saturated rings. The lowest BCUT2D eigenvalue weighted by Crippen LogP contribution is -2.47. The number of hydrogen-bond acceptors (Lipinski definition) is 4. The largest absolute Gasteiger partial charge is 0.495 e. The topological polar surface area (TPSA) is 44.8 Å². The van der Waals surface area contributed by atoms with E-state index in [-0.39, 0.29) is 32.1 Å². The summed E-state index contributed by atoms with van der Waals surface area (Å²) in [5.74, 6) is -9.72. The molecule has 0 saturated carbocycles. The minimum atomic E-state index is -2.17. The standard InChI is InChI=1S/C28H21BrF5N3O2/c1-39-27-19(14-15-4-2-3-5-18(15)20(27)29)28(38)35-16-6-8-17(9-7-16)36-10-12-37(13-11-36)26-24(33)22(31)21(30)23(32)25(26)34/h2-9,14H,10-13H2,1H3,(H,35,38). The quantitative estimate of drug-likeness (QED) is 0.153. The van der Waals surface area contributed by atoms with Gasteiger partial charge in [0.15, 0.2) is 23.3 Å². The summed E-state index contributed by atoms with van der Waals surface area (Å²) in [6.45, 7) is 0.669. The van der Waals surface area contributed by atoms with Crippen molar-refractivity contribution in [1.29, 1.82) is 0 Å². The molecule has 0 aliphatic carbocycles. The molecule has 5 nitrogen and oxygen atoms in total. The van der Waals surface area contributed by atoms with E-state index in [1.54, 1.807) is 30.3 Å². The third-order valence-electron chi connectivity index (χ3n) is 6.66. The summed E-state index contributed by atoms with van der Waals surface area (Å²) in [6, 6.07) is 16.3. The molecule has 0 aromatic heterocycles. The lowest BCUT2D eigenvalue weighted by atomic mass is 10.0. The van der Waals surface area contributed by atoms with Crippen molar-refractivity contribution in [2.75, 3.05) is 48.4 Å². The number of rotatable bonds is 5. The van der Waals surface area contributed by atoms with E-state index in [0.717, 1.165) is 21.4 Å². The van der Waals surface area contributed by atoms with Crippen molar-refractivity contribution in [3.05, 3.63) is 93.7 Å². The van der Waals surface area contributed by atoms with E-state index in [1.807, 2.05) is 29.2 Å². The number of anilines is 3. The van der Waals surface area contributed by atoms with Crippen LogP contribution in [0.3, 0.4) is 0 Å². The van der Waals surface area contributed by atoms with Crippen molar-refractivity contribution in [2.24, 2.45) is 0 Å². The lowest BCUT2D eigenvalue weighted by molar-refractivity contribution is 0.102. The lowest BCUT2D eigenvalue weighted by Gasteiger charge is -2.37. The Morgan fingerprint density at radius 3 is 2.00 bits per heavy atom. The van der Waals surface area contributed by atoms with Gasteiger partial charge in [-0.25, -0.2) is 22.0 Å². The van der Waals surface area contributed by atoms with Gasteiger partial charge in [-0.15, -0.1) is 0 Å². The van der Waals surface area contributed by atoms with Crippen molar-refractivity contribution in [3.63, 3.8) is 0 Å². The first-order valence-electron chi connectivity index (χ1n) is 11.9. The summed E-state index contributed by atoms with van der Waals surface area (Å²) in [4.78, 5) is 16.2. The van der Waals surface area contributed by atoms with Gasteiger partial charge in [0.25, 0.3) is 5.91 Å². The molecule has 0 unspecified atom stereocenters. The summed E-state index contributed by atoms with van der Waals surface area (Å²) in [7, 11) is 1.49. The first-order valence-corrected chi connectivity index (χ1v) is 12.7. The monoisotopic (exact) mass is 605 g/mol. The first-order chi connectivity index (χ1) is 18.7. The van der Waals surface area contributed by atoms with Gasteiger partial charge >= 0.3 is 0 Å². The van der Waals surface area contributed by atoms with Gasteiger partial charge in [-0.05, 0) is 57.0 Å². The second-order valence-corrected chi connectivity index (χ2v) is 9.68. The second-order valence-electron chi connectivity index (χ2n) is 8.89. The van der Waals surface area contributed by atoms with Gasteiger partial charge < -0.3 is 19.9 Å². The molecule has 1 aliphatic heterocycles. The Labute approximate surface area is 228 Å². The van der Waals surface area contributed by atoms with Crippen LogP contribution in [0.5, 0.6) is 5.75 Å². The summed E-state index contributed by atoms with van der Waals surface area (Å²) in [6.07, 6.45) is 0. The van der Waals surface area contributed by atoms with Crippen LogP contribution in [0, 0.1) is 29.1 Å².